The highest BCUT2D eigenvalue weighted by Gasteiger charge is 2.20. The quantitative estimate of drug-likeness (QED) is 0.329. The molecule has 0 radical (unpaired) electrons. The van der Waals surface area contributed by atoms with Crippen LogP contribution in [-0.4, -0.2) is 41.9 Å². The van der Waals surface area contributed by atoms with Gasteiger partial charge in [0.15, 0.2) is 0 Å². The molecule has 0 unspecified atom stereocenters. The SMILES string of the molecule is COC(=O)c1cccc([N+](=O)[O-])c1/C=C/N(C)C.O=c1occc2c([N+](=O)[O-])cccc12. The van der Waals surface area contributed by atoms with Gasteiger partial charge >= 0.3 is 11.6 Å². The average Bonchev–Trinajstić information content (AvgIpc) is 2.77. The van der Waals surface area contributed by atoms with Gasteiger partial charge in [-0.1, -0.05) is 12.1 Å². The number of carbonyl (C=O) groups excluding carboxylic acids is 1. The third kappa shape index (κ3) is 5.53. The van der Waals surface area contributed by atoms with Crippen molar-refractivity contribution >= 4 is 34.2 Å². The fourth-order valence-electron chi connectivity index (χ4n) is 2.69. The number of nitrogens with zero attached hydrogens (tertiary/aromatic N) is 3. The molecule has 0 saturated heterocycles. The summed E-state index contributed by atoms with van der Waals surface area (Å²) in [4.78, 5) is 44.9. The first-order valence-electron chi connectivity index (χ1n) is 9.02. The van der Waals surface area contributed by atoms with E-state index < -0.39 is 21.4 Å². The van der Waals surface area contributed by atoms with E-state index in [0.717, 1.165) is 6.26 Å². The molecule has 32 heavy (non-hydrogen) atoms. The van der Waals surface area contributed by atoms with Crippen molar-refractivity contribution in [1.29, 1.82) is 0 Å². The Morgan fingerprint density at radius 2 is 1.62 bits per heavy atom. The predicted octanol–water partition coefficient (Wildman–Crippen LogP) is 3.61. The van der Waals surface area contributed by atoms with Gasteiger partial charge in [0.05, 0.1) is 45.1 Å². The second-order valence-electron chi connectivity index (χ2n) is 6.47. The summed E-state index contributed by atoms with van der Waals surface area (Å²) >= 11 is 0. The molecule has 11 heteroatoms. The Kier molecular flexibility index (Phi) is 7.77. The van der Waals surface area contributed by atoms with E-state index in [1.165, 1.54) is 55.7 Å². The van der Waals surface area contributed by atoms with E-state index in [2.05, 4.69) is 9.15 Å². The number of nitro benzene ring substituents is 2. The lowest BCUT2D eigenvalue weighted by Gasteiger charge is -2.07. The van der Waals surface area contributed by atoms with Crippen molar-refractivity contribution in [3.8, 4) is 0 Å². The number of fused-ring (bicyclic) bond motifs is 1. The van der Waals surface area contributed by atoms with Crippen LogP contribution in [0.2, 0.25) is 0 Å². The molecule has 2 aromatic carbocycles. The number of methoxy groups -OCH3 is 1. The molecule has 11 nitrogen and oxygen atoms in total. The van der Waals surface area contributed by atoms with E-state index in [1.807, 2.05) is 0 Å². The first kappa shape index (κ1) is 23.7. The summed E-state index contributed by atoms with van der Waals surface area (Å²) in [7, 11) is 4.80. The molecule has 0 aliphatic carbocycles. The van der Waals surface area contributed by atoms with E-state index in [1.54, 1.807) is 25.2 Å². The van der Waals surface area contributed by atoms with Gasteiger partial charge in [0.2, 0.25) is 0 Å². The molecule has 0 N–H and O–H groups in total. The Hall–Kier alpha value is -4.54. The normalized spacial score (nSPS) is 10.3. The lowest BCUT2D eigenvalue weighted by atomic mass is 10.1. The van der Waals surface area contributed by atoms with Gasteiger partial charge in [-0.2, -0.15) is 0 Å². The van der Waals surface area contributed by atoms with Crippen LogP contribution in [0.3, 0.4) is 0 Å². The second kappa shape index (κ2) is 10.5. The van der Waals surface area contributed by atoms with Crippen LogP contribution in [0, 0.1) is 20.2 Å². The minimum Gasteiger partial charge on any atom is -0.465 e. The fourth-order valence-corrected chi connectivity index (χ4v) is 2.69. The summed E-state index contributed by atoms with van der Waals surface area (Å²) in [5.74, 6) is -0.600. The smallest absolute Gasteiger partial charge is 0.343 e. The molecule has 1 aromatic heterocycles. The van der Waals surface area contributed by atoms with Crippen molar-refractivity contribution in [1.82, 2.24) is 4.90 Å². The summed E-state index contributed by atoms with van der Waals surface area (Å²) in [6.07, 6.45) is 4.30. The van der Waals surface area contributed by atoms with Gasteiger partial charge in [-0.25, -0.2) is 9.59 Å². The van der Waals surface area contributed by atoms with Crippen molar-refractivity contribution in [3.05, 3.63) is 96.7 Å². The number of carbonyl (C=O) groups is 1. The van der Waals surface area contributed by atoms with Crippen molar-refractivity contribution in [2.24, 2.45) is 0 Å². The highest BCUT2D eigenvalue weighted by molar-refractivity contribution is 5.95. The van der Waals surface area contributed by atoms with Crippen LogP contribution in [0.5, 0.6) is 0 Å². The summed E-state index contributed by atoms with van der Waals surface area (Å²) in [5, 5.41) is 22.1. The molecule has 3 aromatic rings. The molecule has 0 spiro atoms. The molecule has 0 fully saturated rings. The van der Waals surface area contributed by atoms with Crippen LogP contribution in [-0.2, 0) is 4.74 Å². The molecule has 0 atom stereocenters. The maximum Gasteiger partial charge on any atom is 0.343 e. The van der Waals surface area contributed by atoms with Gasteiger partial charge in [-0.15, -0.1) is 0 Å². The zero-order valence-corrected chi connectivity index (χ0v) is 17.4. The Labute approximate surface area is 181 Å². The Bertz CT molecular complexity index is 1250. The van der Waals surface area contributed by atoms with Crippen molar-refractivity contribution < 1.29 is 23.8 Å². The minimum atomic E-state index is -0.600. The summed E-state index contributed by atoms with van der Waals surface area (Å²) in [6.45, 7) is 0. The average molecular weight is 441 g/mol. The number of ether oxygens (including phenoxy) is 1. The number of benzene rings is 2. The van der Waals surface area contributed by atoms with Crippen LogP contribution in [0.25, 0.3) is 16.8 Å². The number of nitro groups is 2. The van der Waals surface area contributed by atoms with Crippen LogP contribution in [0.15, 0.2) is 64.1 Å². The van der Waals surface area contributed by atoms with E-state index in [0.29, 0.717) is 5.39 Å². The molecular weight excluding hydrogens is 422 g/mol. The topological polar surface area (TPSA) is 146 Å². The number of esters is 1. The number of hydrogen-bond donors (Lipinski definition) is 0. The lowest BCUT2D eigenvalue weighted by molar-refractivity contribution is -0.385. The third-order valence-electron chi connectivity index (χ3n) is 4.13. The maximum absolute atomic E-state index is 11.6. The van der Waals surface area contributed by atoms with Gasteiger partial charge in [0.25, 0.3) is 11.4 Å². The molecule has 3 rings (SSSR count). The van der Waals surface area contributed by atoms with Crippen LogP contribution in [0.1, 0.15) is 15.9 Å². The van der Waals surface area contributed by atoms with Crippen LogP contribution < -0.4 is 5.63 Å². The molecule has 0 bridgehead atoms. The number of hydrogen-bond acceptors (Lipinski definition) is 9. The van der Waals surface area contributed by atoms with E-state index >= 15 is 0 Å². The van der Waals surface area contributed by atoms with E-state index in [4.69, 9.17) is 0 Å². The molecule has 0 amide bonds. The van der Waals surface area contributed by atoms with Gasteiger partial charge < -0.3 is 14.1 Å². The summed E-state index contributed by atoms with van der Waals surface area (Å²) < 4.78 is 9.21. The number of rotatable bonds is 5. The van der Waals surface area contributed by atoms with Gasteiger partial charge in [0.1, 0.15) is 0 Å². The van der Waals surface area contributed by atoms with E-state index in [9.17, 15) is 29.8 Å². The zero-order valence-electron chi connectivity index (χ0n) is 17.4. The molecular formula is C21H19N3O8. The fraction of sp³-hybridized carbons (Fsp3) is 0.143. The first-order valence-corrected chi connectivity index (χ1v) is 9.02. The molecule has 0 aliphatic rings. The van der Waals surface area contributed by atoms with Gasteiger partial charge in [0, 0.05) is 26.2 Å². The summed E-state index contributed by atoms with van der Waals surface area (Å²) in [6, 6.07) is 10.0. The number of non-ortho nitro benzene ring substituents is 1. The highest BCUT2D eigenvalue weighted by atomic mass is 16.6. The maximum atomic E-state index is 11.6. The standard InChI is InChI=1S/C12H14N2O4.C9H5NO4/c1-13(2)8-7-9-10(12(15)18-3)5-4-6-11(9)14(16)17;11-9-7-2-1-3-8(10(12)13)6(7)4-5-14-9/h4-8H,1-3H3;1-5H/b8-7+;. The Morgan fingerprint density at radius 1 is 1.00 bits per heavy atom. The largest absolute Gasteiger partial charge is 0.465 e. The molecule has 0 aliphatic heterocycles. The third-order valence-corrected chi connectivity index (χ3v) is 4.13. The summed E-state index contributed by atoms with van der Waals surface area (Å²) in [5.41, 5.74) is -0.370. The van der Waals surface area contributed by atoms with Crippen molar-refractivity contribution in [2.75, 3.05) is 21.2 Å². The molecule has 166 valence electrons. The first-order chi connectivity index (χ1) is 15.2. The molecule has 0 saturated carbocycles. The highest BCUT2D eigenvalue weighted by Crippen LogP contribution is 2.25. The zero-order chi connectivity index (χ0) is 23.8. The van der Waals surface area contributed by atoms with Crippen LogP contribution in [0.4, 0.5) is 11.4 Å². The lowest BCUT2D eigenvalue weighted by Crippen LogP contribution is -2.07. The minimum absolute atomic E-state index is 0.0876. The van der Waals surface area contributed by atoms with Gasteiger partial charge in [-0.3, -0.25) is 20.2 Å². The molecule has 1 heterocycles. The van der Waals surface area contributed by atoms with Crippen molar-refractivity contribution in [3.63, 3.8) is 0 Å². The Morgan fingerprint density at radius 3 is 2.22 bits per heavy atom. The van der Waals surface area contributed by atoms with Gasteiger partial charge in [-0.05, 0) is 30.5 Å². The predicted molar refractivity (Wildman–Crippen MR) is 116 cm³/mol. The Balaban J connectivity index is 0.000000233. The van der Waals surface area contributed by atoms with Crippen LogP contribution >= 0.6 is 0 Å². The van der Waals surface area contributed by atoms with E-state index in [-0.39, 0.29) is 27.9 Å². The van der Waals surface area contributed by atoms with Crippen molar-refractivity contribution in [2.45, 2.75) is 0 Å². The second-order valence-corrected chi connectivity index (χ2v) is 6.47. The monoisotopic (exact) mass is 441 g/mol.